The molecule has 21 heavy (non-hydrogen) atoms. The van der Waals surface area contributed by atoms with Crippen LogP contribution in [-0.2, 0) is 11.2 Å². The minimum absolute atomic E-state index is 0.0521. The van der Waals surface area contributed by atoms with Crippen LogP contribution < -0.4 is 5.32 Å². The SMILES string of the molecule is Cc1ccc2c(c1)S[C@@H](C(=O)Nc1ccnn1C(C)C)C2. The average Bonchev–Trinajstić information content (AvgIpc) is 3.04. The second-order valence-corrected chi connectivity index (χ2v) is 6.91. The molecule has 110 valence electrons. The molecule has 2 heterocycles. The lowest BCUT2D eigenvalue weighted by Gasteiger charge is -2.14. The van der Waals surface area contributed by atoms with Gasteiger partial charge in [0.1, 0.15) is 5.82 Å². The summed E-state index contributed by atoms with van der Waals surface area (Å²) in [6, 6.07) is 8.46. The molecule has 1 aromatic carbocycles. The Hall–Kier alpha value is -1.75. The number of nitrogens with one attached hydrogen (secondary N) is 1. The lowest BCUT2D eigenvalue weighted by molar-refractivity contribution is -0.115. The molecule has 1 N–H and O–H groups in total. The van der Waals surface area contributed by atoms with E-state index in [9.17, 15) is 4.79 Å². The summed E-state index contributed by atoms with van der Waals surface area (Å²) in [4.78, 5) is 13.7. The molecule has 1 aliphatic heterocycles. The van der Waals surface area contributed by atoms with Crippen molar-refractivity contribution < 1.29 is 4.79 Å². The molecule has 4 nitrogen and oxygen atoms in total. The summed E-state index contributed by atoms with van der Waals surface area (Å²) >= 11 is 1.65. The van der Waals surface area contributed by atoms with E-state index in [4.69, 9.17) is 0 Å². The van der Waals surface area contributed by atoms with Gasteiger partial charge in [0.25, 0.3) is 0 Å². The number of carbonyl (C=O) groups is 1. The van der Waals surface area contributed by atoms with E-state index in [1.807, 2.05) is 24.6 Å². The number of carbonyl (C=O) groups excluding carboxylic acids is 1. The first-order valence-corrected chi connectivity index (χ1v) is 8.03. The predicted octanol–water partition coefficient (Wildman–Crippen LogP) is 3.43. The van der Waals surface area contributed by atoms with Gasteiger partial charge < -0.3 is 5.32 Å². The van der Waals surface area contributed by atoms with Gasteiger partial charge in [0.15, 0.2) is 0 Å². The van der Waals surface area contributed by atoms with Crippen LogP contribution in [0.2, 0.25) is 0 Å². The molecular formula is C16H19N3OS. The smallest absolute Gasteiger partial charge is 0.239 e. The number of aromatic nitrogens is 2. The summed E-state index contributed by atoms with van der Waals surface area (Å²) in [5, 5.41) is 7.19. The number of fused-ring (bicyclic) bond motifs is 1. The first kappa shape index (κ1) is 14.2. The summed E-state index contributed by atoms with van der Waals surface area (Å²) in [6.45, 7) is 6.17. The molecule has 0 fully saturated rings. The van der Waals surface area contributed by atoms with Gasteiger partial charge in [0, 0.05) is 17.0 Å². The number of rotatable bonds is 3. The molecule has 0 aliphatic carbocycles. The molecule has 0 spiro atoms. The molecule has 0 radical (unpaired) electrons. The molecule has 0 saturated carbocycles. The maximum absolute atomic E-state index is 12.5. The van der Waals surface area contributed by atoms with Crippen molar-refractivity contribution in [1.29, 1.82) is 0 Å². The zero-order valence-corrected chi connectivity index (χ0v) is 13.3. The summed E-state index contributed by atoms with van der Waals surface area (Å²) < 4.78 is 1.83. The Balaban J connectivity index is 1.72. The summed E-state index contributed by atoms with van der Waals surface area (Å²) in [5.41, 5.74) is 2.50. The minimum Gasteiger partial charge on any atom is -0.310 e. The number of hydrogen-bond acceptors (Lipinski definition) is 3. The van der Waals surface area contributed by atoms with Gasteiger partial charge >= 0.3 is 0 Å². The second kappa shape index (κ2) is 5.56. The van der Waals surface area contributed by atoms with Gasteiger partial charge in [-0.1, -0.05) is 17.7 Å². The van der Waals surface area contributed by atoms with Gasteiger partial charge in [-0.2, -0.15) is 5.10 Å². The van der Waals surface area contributed by atoms with Gasteiger partial charge in [0.2, 0.25) is 5.91 Å². The van der Waals surface area contributed by atoms with Gasteiger partial charge in [-0.15, -0.1) is 11.8 Å². The predicted molar refractivity (Wildman–Crippen MR) is 85.8 cm³/mol. The van der Waals surface area contributed by atoms with Crippen LogP contribution in [0.1, 0.15) is 31.0 Å². The van der Waals surface area contributed by atoms with E-state index >= 15 is 0 Å². The second-order valence-electron chi connectivity index (χ2n) is 5.67. The molecule has 2 aromatic rings. The third-order valence-electron chi connectivity index (χ3n) is 3.60. The van der Waals surface area contributed by atoms with E-state index < -0.39 is 0 Å². The molecule has 5 heteroatoms. The molecule has 1 aliphatic rings. The topological polar surface area (TPSA) is 46.9 Å². The first-order chi connectivity index (χ1) is 10.0. The first-order valence-electron chi connectivity index (χ1n) is 7.15. The van der Waals surface area contributed by atoms with Crippen LogP contribution in [0, 0.1) is 6.92 Å². The van der Waals surface area contributed by atoms with E-state index in [1.54, 1.807) is 18.0 Å². The molecule has 3 rings (SSSR count). The highest BCUT2D eigenvalue weighted by molar-refractivity contribution is 8.01. The fourth-order valence-electron chi connectivity index (χ4n) is 2.51. The van der Waals surface area contributed by atoms with Crippen molar-refractivity contribution >= 4 is 23.5 Å². The standard InChI is InChI=1S/C16H19N3OS/c1-10(2)19-15(6-7-17-19)18-16(20)14-9-12-5-4-11(3)8-13(12)21-14/h4-8,10,14H,9H2,1-3H3,(H,18,20)/t14-/m1/s1. The zero-order chi connectivity index (χ0) is 15.0. The van der Waals surface area contributed by atoms with Crippen molar-refractivity contribution in [2.45, 2.75) is 43.4 Å². The Kier molecular flexibility index (Phi) is 3.76. The molecule has 0 unspecified atom stereocenters. The van der Waals surface area contributed by atoms with Gasteiger partial charge in [0.05, 0.1) is 11.4 Å². The fraction of sp³-hybridized carbons (Fsp3) is 0.375. The number of nitrogens with zero attached hydrogens (tertiary/aromatic N) is 2. The number of hydrogen-bond donors (Lipinski definition) is 1. The van der Waals surface area contributed by atoms with E-state index in [2.05, 4.69) is 35.5 Å². The number of thioether (sulfide) groups is 1. The van der Waals surface area contributed by atoms with Crippen LogP contribution in [-0.4, -0.2) is 20.9 Å². The van der Waals surface area contributed by atoms with Crippen molar-refractivity contribution in [1.82, 2.24) is 9.78 Å². The maximum Gasteiger partial charge on any atom is 0.239 e. The minimum atomic E-state index is -0.0580. The number of anilines is 1. The quantitative estimate of drug-likeness (QED) is 0.945. The van der Waals surface area contributed by atoms with Crippen LogP contribution in [0.5, 0.6) is 0 Å². The third-order valence-corrected chi connectivity index (χ3v) is 4.90. The van der Waals surface area contributed by atoms with E-state index in [1.165, 1.54) is 16.0 Å². The molecule has 0 bridgehead atoms. The van der Waals surface area contributed by atoms with Crippen LogP contribution in [0.25, 0.3) is 0 Å². The van der Waals surface area contributed by atoms with Crippen LogP contribution in [0.15, 0.2) is 35.4 Å². The Morgan fingerprint density at radius 1 is 1.43 bits per heavy atom. The summed E-state index contributed by atoms with van der Waals surface area (Å²) in [6.07, 6.45) is 2.51. The highest BCUT2D eigenvalue weighted by Gasteiger charge is 2.28. The van der Waals surface area contributed by atoms with Crippen molar-refractivity contribution in [3.8, 4) is 0 Å². The van der Waals surface area contributed by atoms with Crippen LogP contribution in [0.3, 0.4) is 0 Å². The summed E-state index contributed by atoms with van der Waals surface area (Å²) in [7, 11) is 0. The Morgan fingerprint density at radius 3 is 3.00 bits per heavy atom. The summed E-state index contributed by atoms with van der Waals surface area (Å²) in [5.74, 6) is 0.819. The number of aryl methyl sites for hydroxylation is 1. The Morgan fingerprint density at radius 2 is 2.24 bits per heavy atom. The maximum atomic E-state index is 12.5. The monoisotopic (exact) mass is 301 g/mol. The molecular weight excluding hydrogens is 282 g/mol. The average molecular weight is 301 g/mol. The van der Waals surface area contributed by atoms with Crippen molar-refractivity contribution in [2.75, 3.05) is 5.32 Å². The van der Waals surface area contributed by atoms with Crippen LogP contribution >= 0.6 is 11.8 Å². The molecule has 1 atom stereocenters. The highest BCUT2D eigenvalue weighted by atomic mass is 32.2. The van der Waals surface area contributed by atoms with E-state index in [0.29, 0.717) is 0 Å². The van der Waals surface area contributed by atoms with Gasteiger partial charge in [-0.25, -0.2) is 4.68 Å². The number of benzene rings is 1. The van der Waals surface area contributed by atoms with Crippen molar-refractivity contribution in [3.05, 3.63) is 41.6 Å². The number of amides is 1. The highest BCUT2D eigenvalue weighted by Crippen LogP contribution is 2.38. The zero-order valence-electron chi connectivity index (χ0n) is 12.5. The Bertz CT molecular complexity index is 678. The van der Waals surface area contributed by atoms with Crippen molar-refractivity contribution in [3.63, 3.8) is 0 Å². The van der Waals surface area contributed by atoms with E-state index in [-0.39, 0.29) is 17.2 Å². The van der Waals surface area contributed by atoms with Crippen molar-refractivity contribution in [2.24, 2.45) is 0 Å². The molecule has 1 aromatic heterocycles. The Labute approximate surface area is 128 Å². The lowest BCUT2D eigenvalue weighted by atomic mass is 10.1. The normalized spacial score (nSPS) is 17.0. The van der Waals surface area contributed by atoms with Gasteiger partial charge in [-0.3, -0.25) is 4.79 Å². The largest absolute Gasteiger partial charge is 0.310 e. The van der Waals surface area contributed by atoms with Crippen LogP contribution in [0.4, 0.5) is 5.82 Å². The molecule has 1 amide bonds. The fourth-order valence-corrected chi connectivity index (χ4v) is 3.80. The lowest BCUT2D eigenvalue weighted by Crippen LogP contribution is -2.26. The van der Waals surface area contributed by atoms with Gasteiger partial charge in [-0.05, 0) is 38.8 Å². The molecule has 0 saturated heterocycles. The van der Waals surface area contributed by atoms with E-state index in [0.717, 1.165) is 12.2 Å². The third kappa shape index (κ3) is 2.83.